The first-order chi connectivity index (χ1) is 10.4. The zero-order valence-corrected chi connectivity index (χ0v) is 11.9. The third-order valence-electron chi connectivity index (χ3n) is 3.78. The molecule has 3 heterocycles. The monoisotopic (exact) mass is 293 g/mol. The molecule has 0 unspecified atom stereocenters. The molecule has 5 rings (SSSR count). The van der Waals surface area contributed by atoms with Crippen molar-refractivity contribution >= 4 is 27.2 Å². The average Bonchev–Trinajstić information content (AvgIpc) is 3.15. The van der Waals surface area contributed by atoms with Crippen LogP contribution in [-0.2, 0) is 0 Å². The Labute approximate surface area is 124 Å². The maximum atomic E-state index is 4.70. The third-order valence-corrected chi connectivity index (χ3v) is 4.70. The lowest BCUT2D eigenvalue weighted by Gasteiger charge is -1.99. The molecule has 6 heteroatoms. The van der Waals surface area contributed by atoms with Gasteiger partial charge in [0.2, 0.25) is 4.96 Å². The van der Waals surface area contributed by atoms with E-state index >= 15 is 0 Å². The summed E-state index contributed by atoms with van der Waals surface area (Å²) in [6, 6.07) is 12.2. The topological polar surface area (TPSA) is 56.0 Å². The van der Waals surface area contributed by atoms with Gasteiger partial charge in [-0.05, 0) is 25.0 Å². The molecule has 0 radical (unpaired) electrons. The lowest BCUT2D eigenvalue weighted by atomic mass is 10.2. The van der Waals surface area contributed by atoms with Crippen molar-refractivity contribution in [3.63, 3.8) is 0 Å². The van der Waals surface area contributed by atoms with Crippen molar-refractivity contribution in [3.8, 4) is 10.7 Å². The molecule has 0 aliphatic heterocycles. The van der Waals surface area contributed by atoms with Crippen LogP contribution in [0, 0.1) is 0 Å². The number of benzene rings is 1. The minimum Gasteiger partial charge on any atom is -0.245 e. The van der Waals surface area contributed by atoms with Gasteiger partial charge >= 0.3 is 0 Å². The van der Waals surface area contributed by atoms with E-state index in [1.165, 1.54) is 12.8 Å². The second-order valence-electron chi connectivity index (χ2n) is 5.32. The van der Waals surface area contributed by atoms with E-state index < -0.39 is 0 Å². The van der Waals surface area contributed by atoms with Crippen LogP contribution in [0.15, 0.2) is 36.4 Å². The molecule has 0 amide bonds. The normalized spacial score (nSPS) is 15.0. The fraction of sp³-hybridized carbons (Fsp3) is 0.200. The Morgan fingerprint density at radius 3 is 2.86 bits per heavy atom. The number of rotatable bonds is 2. The standard InChI is InChI=1S/C15H11N5S/c1-2-4-11-9(3-1)7-8-12(16-11)14-19-20-13(10-5-6-10)17-18-15(20)21-14/h1-4,7-8,10H,5-6H2. The van der Waals surface area contributed by atoms with Crippen molar-refractivity contribution in [2.24, 2.45) is 0 Å². The third kappa shape index (κ3) is 1.76. The van der Waals surface area contributed by atoms with E-state index in [4.69, 9.17) is 4.98 Å². The largest absolute Gasteiger partial charge is 0.245 e. The number of para-hydroxylation sites is 1. The quantitative estimate of drug-likeness (QED) is 0.569. The van der Waals surface area contributed by atoms with Crippen LogP contribution in [0.2, 0.25) is 0 Å². The van der Waals surface area contributed by atoms with Gasteiger partial charge in [-0.25, -0.2) is 4.98 Å². The maximum absolute atomic E-state index is 4.70. The molecule has 1 fully saturated rings. The van der Waals surface area contributed by atoms with Gasteiger partial charge in [-0.15, -0.1) is 10.2 Å². The number of hydrogen-bond acceptors (Lipinski definition) is 5. The minimum absolute atomic E-state index is 0.541. The van der Waals surface area contributed by atoms with Crippen LogP contribution in [0.4, 0.5) is 0 Å². The van der Waals surface area contributed by atoms with Gasteiger partial charge in [0.1, 0.15) is 5.69 Å². The van der Waals surface area contributed by atoms with Crippen molar-refractivity contribution < 1.29 is 0 Å². The van der Waals surface area contributed by atoms with Gasteiger partial charge in [0, 0.05) is 11.3 Å². The Morgan fingerprint density at radius 1 is 1.05 bits per heavy atom. The zero-order valence-electron chi connectivity index (χ0n) is 11.1. The fourth-order valence-corrected chi connectivity index (χ4v) is 3.33. The van der Waals surface area contributed by atoms with Gasteiger partial charge in [0.25, 0.3) is 0 Å². The first kappa shape index (κ1) is 11.3. The second-order valence-corrected chi connectivity index (χ2v) is 6.28. The number of fused-ring (bicyclic) bond motifs is 2. The highest BCUT2D eigenvalue weighted by atomic mass is 32.1. The molecule has 0 spiro atoms. The van der Waals surface area contributed by atoms with Crippen molar-refractivity contribution in [3.05, 3.63) is 42.2 Å². The van der Waals surface area contributed by atoms with Crippen LogP contribution in [-0.4, -0.2) is 24.8 Å². The molecule has 1 aromatic carbocycles. The van der Waals surface area contributed by atoms with Crippen LogP contribution in [0.25, 0.3) is 26.6 Å². The highest BCUT2D eigenvalue weighted by molar-refractivity contribution is 7.19. The molecule has 102 valence electrons. The van der Waals surface area contributed by atoms with E-state index in [2.05, 4.69) is 27.4 Å². The predicted molar refractivity (Wildman–Crippen MR) is 81.4 cm³/mol. The molecule has 0 atom stereocenters. The first-order valence-electron chi connectivity index (χ1n) is 6.97. The summed E-state index contributed by atoms with van der Waals surface area (Å²) < 4.78 is 1.88. The summed E-state index contributed by atoms with van der Waals surface area (Å²) in [6.45, 7) is 0. The Kier molecular flexibility index (Phi) is 2.20. The van der Waals surface area contributed by atoms with Gasteiger partial charge in [0.15, 0.2) is 10.8 Å². The highest BCUT2D eigenvalue weighted by Gasteiger charge is 2.30. The van der Waals surface area contributed by atoms with Gasteiger partial charge < -0.3 is 0 Å². The smallest absolute Gasteiger partial charge is 0.235 e. The molecule has 4 aromatic rings. The lowest BCUT2D eigenvalue weighted by molar-refractivity contribution is 0.828. The van der Waals surface area contributed by atoms with Crippen LogP contribution >= 0.6 is 11.3 Å². The molecular weight excluding hydrogens is 282 g/mol. The molecular formula is C15H11N5S. The summed E-state index contributed by atoms with van der Waals surface area (Å²) in [5.41, 5.74) is 1.88. The van der Waals surface area contributed by atoms with Crippen molar-refractivity contribution in [1.29, 1.82) is 0 Å². The summed E-state index contributed by atoms with van der Waals surface area (Å²) in [5.74, 6) is 1.54. The molecule has 0 N–H and O–H groups in total. The van der Waals surface area contributed by atoms with Crippen molar-refractivity contribution in [1.82, 2.24) is 24.8 Å². The second kappa shape index (κ2) is 4.08. The molecule has 21 heavy (non-hydrogen) atoms. The average molecular weight is 293 g/mol. The van der Waals surface area contributed by atoms with Crippen LogP contribution in [0.1, 0.15) is 24.6 Å². The predicted octanol–water partition coefficient (Wildman–Crippen LogP) is 3.28. The molecule has 0 bridgehead atoms. The number of nitrogens with zero attached hydrogens (tertiary/aromatic N) is 5. The molecule has 1 saturated carbocycles. The number of pyridine rings is 1. The number of hydrogen-bond donors (Lipinski definition) is 0. The number of aromatic nitrogens is 5. The van der Waals surface area contributed by atoms with Crippen molar-refractivity contribution in [2.75, 3.05) is 0 Å². The summed E-state index contributed by atoms with van der Waals surface area (Å²) in [7, 11) is 0. The van der Waals surface area contributed by atoms with E-state index in [1.807, 2.05) is 28.8 Å². The zero-order chi connectivity index (χ0) is 13.8. The van der Waals surface area contributed by atoms with Gasteiger partial charge in [-0.1, -0.05) is 35.6 Å². The van der Waals surface area contributed by atoms with E-state index in [1.54, 1.807) is 11.3 Å². The molecule has 0 saturated heterocycles. The molecule has 5 nitrogen and oxygen atoms in total. The van der Waals surface area contributed by atoms with E-state index in [9.17, 15) is 0 Å². The van der Waals surface area contributed by atoms with Gasteiger partial charge in [-0.2, -0.15) is 9.61 Å². The SMILES string of the molecule is c1ccc2nc(-c3nn4c(C5CC5)nnc4s3)ccc2c1. The molecule has 1 aliphatic carbocycles. The lowest BCUT2D eigenvalue weighted by Crippen LogP contribution is -1.94. The van der Waals surface area contributed by atoms with E-state index in [-0.39, 0.29) is 0 Å². The van der Waals surface area contributed by atoms with Gasteiger partial charge in [0.05, 0.1) is 5.52 Å². The molecule has 3 aromatic heterocycles. The van der Waals surface area contributed by atoms with Crippen LogP contribution in [0.3, 0.4) is 0 Å². The summed E-state index contributed by atoms with van der Waals surface area (Å²) in [5, 5.41) is 15.2. The van der Waals surface area contributed by atoms with E-state index in [0.29, 0.717) is 5.92 Å². The van der Waals surface area contributed by atoms with E-state index in [0.717, 1.165) is 32.4 Å². The first-order valence-corrected chi connectivity index (χ1v) is 7.78. The van der Waals surface area contributed by atoms with Crippen LogP contribution < -0.4 is 0 Å². The Morgan fingerprint density at radius 2 is 1.95 bits per heavy atom. The minimum atomic E-state index is 0.541. The Balaban J connectivity index is 1.67. The molecule has 1 aliphatic rings. The van der Waals surface area contributed by atoms with Crippen LogP contribution in [0.5, 0.6) is 0 Å². The fourth-order valence-electron chi connectivity index (χ4n) is 2.52. The highest BCUT2D eigenvalue weighted by Crippen LogP contribution is 2.39. The summed E-state index contributed by atoms with van der Waals surface area (Å²) in [4.78, 5) is 5.55. The van der Waals surface area contributed by atoms with Crippen molar-refractivity contribution in [2.45, 2.75) is 18.8 Å². The Hall–Kier alpha value is -2.34. The Bertz CT molecular complexity index is 966. The summed E-state index contributed by atoms with van der Waals surface area (Å²) >= 11 is 1.54. The summed E-state index contributed by atoms with van der Waals surface area (Å²) in [6.07, 6.45) is 2.39. The maximum Gasteiger partial charge on any atom is 0.235 e. The van der Waals surface area contributed by atoms with Gasteiger partial charge in [-0.3, -0.25) is 0 Å².